The Bertz CT molecular complexity index is 879. The van der Waals surface area contributed by atoms with E-state index in [0.29, 0.717) is 5.75 Å². The number of carbonyl (C=O) groups excluding carboxylic acids is 2. The molecular formula is C25H31FN2O3. The Morgan fingerprint density at radius 1 is 1.10 bits per heavy atom. The third-order valence-electron chi connectivity index (χ3n) is 5.83. The predicted molar refractivity (Wildman–Crippen MR) is 118 cm³/mol. The summed E-state index contributed by atoms with van der Waals surface area (Å²) in [6.07, 6.45) is 5.37. The van der Waals surface area contributed by atoms with Gasteiger partial charge >= 0.3 is 0 Å². The number of carbonyl (C=O) groups is 2. The Labute approximate surface area is 183 Å². The number of para-hydroxylation sites is 1. The third-order valence-corrected chi connectivity index (χ3v) is 5.83. The average Bonchev–Trinajstić information content (AvgIpc) is 2.78. The van der Waals surface area contributed by atoms with Crippen LogP contribution in [0, 0.1) is 12.7 Å². The lowest BCUT2D eigenvalue weighted by Gasteiger charge is -2.31. The van der Waals surface area contributed by atoms with E-state index in [1.165, 1.54) is 23.5 Å². The maximum Gasteiger partial charge on any atom is 0.261 e. The minimum absolute atomic E-state index is 0.162. The minimum atomic E-state index is -0.667. The molecule has 0 unspecified atom stereocenters. The van der Waals surface area contributed by atoms with Crippen LogP contribution in [0.15, 0.2) is 48.5 Å². The Morgan fingerprint density at radius 2 is 1.77 bits per heavy atom. The highest BCUT2D eigenvalue weighted by atomic mass is 19.1. The van der Waals surface area contributed by atoms with E-state index in [9.17, 15) is 14.0 Å². The zero-order chi connectivity index (χ0) is 22.2. The summed E-state index contributed by atoms with van der Waals surface area (Å²) in [6, 6.07) is 12.9. The van der Waals surface area contributed by atoms with Gasteiger partial charge in [0.2, 0.25) is 5.91 Å². The molecule has 1 saturated carbocycles. The summed E-state index contributed by atoms with van der Waals surface area (Å²) in [5, 5.41) is 3.10. The topological polar surface area (TPSA) is 58.6 Å². The molecule has 166 valence electrons. The van der Waals surface area contributed by atoms with E-state index >= 15 is 0 Å². The van der Waals surface area contributed by atoms with Gasteiger partial charge in [-0.3, -0.25) is 9.59 Å². The van der Waals surface area contributed by atoms with E-state index in [2.05, 4.69) is 5.32 Å². The number of nitrogens with one attached hydrogen (secondary N) is 1. The van der Waals surface area contributed by atoms with E-state index in [1.54, 1.807) is 19.1 Å². The molecule has 0 spiro atoms. The van der Waals surface area contributed by atoms with Crippen LogP contribution in [0.4, 0.5) is 4.39 Å². The molecule has 0 aromatic heterocycles. The second-order valence-corrected chi connectivity index (χ2v) is 8.22. The summed E-state index contributed by atoms with van der Waals surface area (Å²) in [6.45, 7) is 3.67. The highest BCUT2D eigenvalue weighted by molar-refractivity contribution is 5.88. The quantitative estimate of drug-likeness (QED) is 0.682. The summed E-state index contributed by atoms with van der Waals surface area (Å²) in [5.41, 5.74) is 1.69. The molecule has 0 aliphatic heterocycles. The fourth-order valence-corrected chi connectivity index (χ4v) is 3.88. The van der Waals surface area contributed by atoms with Gasteiger partial charge in [-0.2, -0.15) is 0 Å². The Balaban J connectivity index is 1.70. The zero-order valence-electron chi connectivity index (χ0n) is 18.3. The van der Waals surface area contributed by atoms with Gasteiger partial charge in [0.15, 0.2) is 6.61 Å². The monoisotopic (exact) mass is 426 g/mol. The number of rotatable bonds is 8. The molecule has 2 aromatic carbocycles. The zero-order valence-corrected chi connectivity index (χ0v) is 18.3. The van der Waals surface area contributed by atoms with Crippen LogP contribution >= 0.6 is 0 Å². The van der Waals surface area contributed by atoms with Crippen molar-refractivity contribution in [3.05, 3.63) is 65.5 Å². The second-order valence-electron chi connectivity index (χ2n) is 8.22. The summed E-state index contributed by atoms with van der Waals surface area (Å²) in [5.74, 6) is -0.165. The van der Waals surface area contributed by atoms with Gasteiger partial charge in [0.05, 0.1) is 0 Å². The van der Waals surface area contributed by atoms with E-state index in [4.69, 9.17) is 4.74 Å². The van der Waals surface area contributed by atoms with E-state index in [0.717, 1.165) is 36.8 Å². The molecule has 31 heavy (non-hydrogen) atoms. The highest BCUT2D eigenvalue weighted by Crippen LogP contribution is 2.19. The van der Waals surface area contributed by atoms with Gasteiger partial charge in [-0.1, -0.05) is 49.6 Å². The first-order valence-corrected chi connectivity index (χ1v) is 11.0. The Hall–Kier alpha value is -2.89. The molecule has 0 bridgehead atoms. The molecule has 6 heteroatoms. The maximum absolute atomic E-state index is 13.3. The first kappa shape index (κ1) is 22.8. The van der Waals surface area contributed by atoms with Gasteiger partial charge < -0.3 is 15.0 Å². The Kier molecular flexibility index (Phi) is 8.04. The Morgan fingerprint density at radius 3 is 2.45 bits per heavy atom. The van der Waals surface area contributed by atoms with Crippen molar-refractivity contribution in [2.24, 2.45) is 0 Å². The summed E-state index contributed by atoms with van der Waals surface area (Å²) >= 11 is 0. The standard InChI is InChI=1S/C25H31FN2O3/c1-18-8-6-7-11-23(18)31-17-24(29)28(16-20-12-14-21(26)15-13-20)19(2)25(30)27-22-9-4-3-5-10-22/h6-8,11-15,19,22H,3-5,9-10,16-17H2,1-2H3,(H,27,30)/t19-/m0/s1. The first-order chi connectivity index (χ1) is 14.9. The molecule has 2 aromatic rings. The molecule has 1 atom stereocenters. The van der Waals surface area contributed by atoms with Crippen LogP contribution in [0.1, 0.15) is 50.2 Å². The molecule has 0 heterocycles. The van der Waals surface area contributed by atoms with Crippen molar-refractivity contribution in [2.45, 2.75) is 64.6 Å². The summed E-state index contributed by atoms with van der Waals surface area (Å²) in [7, 11) is 0. The van der Waals surface area contributed by atoms with E-state index < -0.39 is 6.04 Å². The van der Waals surface area contributed by atoms with Crippen molar-refractivity contribution < 1.29 is 18.7 Å². The van der Waals surface area contributed by atoms with Crippen LogP contribution in [-0.2, 0) is 16.1 Å². The number of benzene rings is 2. The largest absolute Gasteiger partial charge is 0.484 e. The molecule has 2 amide bonds. The van der Waals surface area contributed by atoms with Gasteiger partial charge in [-0.05, 0) is 56.0 Å². The molecule has 1 fully saturated rings. The molecule has 3 rings (SSSR count). The lowest BCUT2D eigenvalue weighted by Crippen LogP contribution is -2.51. The number of halogens is 1. The fraction of sp³-hybridized carbons (Fsp3) is 0.440. The van der Waals surface area contributed by atoms with Crippen molar-refractivity contribution in [1.82, 2.24) is 10.2 Å². The van der Waals surface area contributed by atoms with Crippen molar-refractivity contribution in [1.29, 1.82) is 0 Å². The number of amides is 2. The molecular weight excluding hydrogens is 395 g/mol. The van der Waals surface area contributed by atoms with Crippen molar-refractivity contribution in [2.75, 3.05) is 6.61 Å². The van der Waals surface area contributed by atoms with Crippen LogP contribution in [0.2, 0.25) is 0 Å². The van der Waals surface area contributed by atoms with E-state index in [-0.39, 0.29) is 36.8 Å². The minimum Gasteiger partial charge on any atom is -0.484 e. The van der Waals surface area contributed by atoms with E-state index in [1.807, 2.05) is 31.2 Å². The number of hydrogen-bond donors (Lipinski definition) is 1. The number of aryl methyl sites for hydroxylation is 1. The third kappa shape index (κ3) is 6.54. The number of hydrogen-bond acceptors (Lipinski definition) is 3. The molecule has 1 aliphatic rings. The van der Waals surface area contributed by atoms with Crippen LogP contribution < -0.4 is 10.1 Å². The first-order valence-electron chi connectivity index (χ1n) is 11.0. The van der Waals surface area contributed by atoms with Crippen molar-refractivity contribution in [3.8, 4) is 5.75 Å². The number of ether oxygens (including phenoxy) is 1. The molecule has 1 N–H and O–H groups in total. The molecule has 0 radical (unpaired) electrons. The lowest BCUT2D eigenvalue weighted by atomic mass is 9.95. The van der Waals surface area contributed by atoms with Crippen LogP contribution in [-0.4, -0.2) is 35.4 Å². The SMILES string of the molecule is Cc1ccccc1OCC(=O)N(Cc1ccc(F)cc1)[C@@H](C)C(=O)NC1CCCCC1. The molecule has 5 nitrogen and oxygen atoms in total. The molecule has 1 aliphatic carbocycles. The highest BCUT2D eigenvalue weighted by Gasteiger charge is 2.28. The fourth-order valence-electron chi connectivity index (χ4n) is 3.88. The van der Waals surface area contributed by atoms with Crippen LogP contribution in [0.5, 0.6) is 5.75 Å². The summed E-state index contributed by atoms with van der Waals surface area (Å²) < 4.78 is 19.0. The number of nitrogens with zero attached hydrogens (tertiary/aromatic N) is 1. The normalized spacial score (nSPS) is 15.2. The van der Waals surface area contributed by atoms with Gasteiger partial charge in [-0.15, -0.1) is 0 Å². The van der Waals surface area contributed by atoms with Gasteiger partial charge in [0.1, 0.15) is 17.6 Å². The van der Waals surface area contributed by atoms with Gasteiger partial charge in [-0.25, -0.2) is 4.39 Å². The summed E-state index contributed by atoms with van der Waals surface area (Å²) in [4.78, 5) is 27.5. The second kappa shape index (κ2) is 10.9. The van der Waals surface area contributed by atoms with Gasteiger partial charge in [0, 0.05) is 12.6 Å². The van der Waals surface area contributed by atoms with Crippen LogP contribution in [0.3, 0.4) is 0 Å². The average molecular weight is 427 g/mol. The lowest BCUT2D eigenvalue weighted by molar-refractivity contribution is -0.142. The maximum atomic E-state index is 13.3. The van der Waals surface area contributed by atoms with Gasteiger partial charge in [0.25, 0.3) is 5.91 Å². The van der Waals surface area contributed by atoms with Crippen LogP contribution in [0.25, 0.3) is 0 Å². The van der Waals surface area contributed by atoms with Crippen molar-refractivity contribution in [3.63, 3.8) is 0 Å². The predicted octanol–water partition coefficient (Wildman–Crippen LogP) is 4.38. The van der Waals surface area contributed by atoms with Crippen molar-refractivity contribution >= 4 is 11.8 Å². The molecule has 0 saturated heterocycles. The smallest absolute Gasteiger partial charge is 0.261 e.